The van der Waals surface area contributed by atoms with Crippen LogP contribution in [0.1, 0.15) is 17.2 Å². The smallest absolute Gasteiger partial charge is 0.102 e. The summed E-state index contributed by atoms with van der Waals surface area (Å²) in [6.07, 6.45) is 0. The average molecular weight is 179 g/mol. The summed E-state index contributed by atoms with van der Waals surface area (Å²) < 4.78 is 12.4. The van der Waals surface area contributed by atoms with Gasteiger partial charge in [0.15, 0.2) is 0 Å². The summed E-state index contributed by atoms with van der Waals surface area (Å²) in [5.41, 5.74) is 9.94. The summed E-state index contributed by atoms with van der Waals surface area (Å²) in [4.78, 5) is 2.60. The van der Waals surface area contributed by atoms with Crippen LogP contribution in [-0.4, -0.2) is 6.67 Å². The second-order valence-electron chi connectivity index (χ2n) is 2.79. The van der Waals surface area contributed by atoms with E-state index in [4.69, 9.17) is 5.53 Å². The molecule has 13 heavy (non-hydrogen) atoms. The Morgan fingerprint density at radius 1 is 1.62 bits per heavy atom. The number of halogens is 1. The molecule has 0 N–H and O–H groups in total. The molecule has 3 nitrogen and oxygen atoms in total. The van der Waals surface area contributed by atoms with Crippen molar-refractivity contribution in [3.8, 4) is 0 Å². The Kier molecular flexibility index (Phi) is 3.29. The molecule has 0 aliphatic carbocycles. The molecule has 0 aliphatic rings. The van der Waals surface area contributed by atoms with E-state index in [9.17, 15) is 4.39 Å². The van der Waals surface area contributed by atoms with Crippen molar-refractivity contribution in [3.63, 3.8) is 0 Å². The van der Waals surface area contributed by atoms with Gasteiger partial charge in [0.1, 0.15) is 6.67 Å². The maximum atomic E-state index is 12.4. The SMILES string of the molecule is Cc1cccc(C(CF)N=[N+]=[N-])c1. The van der Waals surface area contributed by atoms with Gasteiger partial charge in [0.2, 0.25) is 0 Å². The van der Waals surface area contributed by atoms with Gasteiger partial charge in [0.25, 0.3) is 0 Å². The molecule has 1 unspecified atom stereocenters. The van der Waals surface area contributed by atoms with E-state index in [1.54, 1.807) is 6.07 Å². The van der Waals surface area contributed by atoms with Crippen molar-refractivity contribution in [3.05, 3.63) is 45.8 Å². The van der Waals surface area contributed by atoms with E-state index in [0.29, 0.717) is 0 Å². The van der Waals surface area contributed by atoms with E-state index in [0.717, 1.165) is 11.1 Å². The lowest BCUT2D eigenvalue weighted by atomic mass is 10.1. The van der Waals surface area contributed by atoms with Gasteiger partial charge in [-0.05, 0) is 18.0 Å². The number of rotatable bonds is 3. The summed E-state index contributed by atoms with van der Waals surface area (Å²) >= 11 is 0. The minimum Gasteiger partial charge on any atom is -0.250 e. The number of azide groups is 1. The van der Waals surface area contributed by atoms with Crippen LogP contribution in [-0.2, 0) is 0 Å². The molecule has 1 aromatic carbocycles. The van der Waals surface area contributed by atoms with E-state index in [-0.39, 0.29) is 0 Å². The molecule has 0 aromatic heterocycles. The molecule has 1 aromatic rings. The van der Waals surface area contributed by atoms with E-state index < -0.39 is 12.7 Å². The van der Waals surface area contributed by atoms with Crippen molar-refractivity contribution in [1.82, 2.24) is 0 Å². The van der Waals surface area contributed by atoms with Crippen molar-refractivity contribution in [2.24, 2.45) is 5.11 Å². The van der Waals surface area contributed by atoms with Crippen LogP contribution in [0, 0.1) is 6.92 Å². The summed E-state index contributed by atoms with van der Waals surface area (Å²) in [6.45, 7) is 1.25. The predicted molar refractivity (Wildman–Crippen MR) is 49.0 cm³/mol. The van der Waals surface area contributed by atoms with Crippen LogP contribution in [0.2, 0.25) is 0 Å². The summed E-state index contributed by atoms with van der Waals surface area (Å²) in [5.74, 6) is 0. The lowest BCUT2D eigenvalue weighted by molar-refractivity contribution is 0.436. The number of aryl methyl sites for hydroxylation is 1. The molecule has 0 saturated heterocycles. The molecule has 0 aliphatic heterocycles. The monoisotopic (exact) mass is 179 g/mol. The third-order valence-electron chi connectivity index (χ3n) is 1.76. The topological polar surface area (TPSA) is 48.8 Å². The standard InChI is InChI=1S/C9H10FN3/c1-7-3-2-4-8(5-7)9(6-10)12-13-11/h2-5,9H,6H2,1H3. The highest BCUT2D eigenvalue weighted by molar-refractivity contribution is 5.25. The van der Waals surface area contributed by atoms with E-state index >= 15 is 0 Å². The van der Waals surface area contributed by atoms with Crippen LogP contribution in [0.15, 0.2) is 29.4 Å². The first-order chi connectivity index (χ1) is 6.27. The van der Waals surface area contributed by atoms with Gasteiger partial charge < -0.3 is 0 Å². The first kappa shape index (κ1) is 9.55. The van der Waals surface area contributed by atoms with Crippen molar-refractivity contribution < 1.29 is 4.39 Å². The van der Waals surface area contributed by atoms with Gasteiger partial charge >= 0.3 is 0 Å². The maximum Gasteiger partial charge on any atom is 0.102 e. The normalized spacial score (nSPS) is 11.8. The van der Waals surface area contributed by atoms with Gasteiger partial charge in [-0.25, -0.2) is 0 Å². The molecule has 68 valence electrons. The van der Waals surface area contributed by atoms with Crippen LogP contribution in [0.25, 0.3) is 10.4 Å². The Balaban J connectivity index is 2.97. The lowest BCUT2D eigenvalue weighted by Gasteiger charge is -2.06. The molecule has 1 rings (SSSR count). The molecular formula is C9H10FN3. The van der Waals surface area contributed by atoms with E-state index in [2.05, 4.69) is 10.0 Å². The zero-order valence-electron chi connectivity index (χ0n) is 7.31. The van der Waals surface area contributed by atoms with E-state index in [1.165, 1.54) is 0 Å². The minimum absolute atomic E-state index is 0.659. The quantitative estimate of drug-likeness (QED) is 0.388. The van der Waals surface area contributed by atoms with Crippen LogP contribution in [0.4, 0.5) is 4.39 Å². The third kappa shape index (κ3) is 2.46. The number of benzene rings is 1. The molecule has 4 heteroatoms. The number of hydrogen-bond acceptors (Lipinski definition) is 1. The minimum atomic E-state index is -0.690. The summed E-state index contributed by atoms with van der Waals surface area (Å²) in [5, 5.41) is 3.36. The van der Waals surface area contributed by atoms with Gasteiger partial charge in [-0.3, -0.25) is 4.39 Å². The van der Waals surface area contributed by atoms with E-state index in [1.807, 2.05) is 25.1 Å². The molecule has 0 spiro atoms. The van der Waals surface area contributed by atoms with Crippen molar-refractivity contribution in [2.75, 3.05) is 6.67 Å². The number of nitrogens with zero attached hydrogens (tertiary/aromatic N) is 3. The first-order valence-electron chi connectivity index (χ1n) is 3.94. The van der Waals surface area contributed by atoms with Gasteiger partial charge in [0, 0.05) is 4.91 Å². The Morgan fingerprint density at radius 2 is 2.38 bits per heavy atom. The highest BCUT2D eigenvalue weighted by Gasteiger charge is 2.07. The van der Waals surface area contributed by atoms with Gasteiger partial charge in [0.05, 0.1) is 6.04 Å². The molecule has 0 heterocycles. The van der Waals surface area contributed by atoms with Crippen molar-refractivity contribution in [2.45, 2.75) is 13.0 Å². The number of alkyl halides is 1. The zero-order chi connectivity index (χ0) is 9.68. The van der Waals surface area contributed by atoms with Gasteiger partial charge in [-0.2, -0.15) is 0 Å². The first-order valence-corrected chi connectivity index (χ1v) is 3.94. The van der Waals surface area contributed by atoms with Crippen molar-refractivity contribution in [1.29, 1.82) is 0 Å². The Hall–Kier alpha value is -1.54. The molecular weight excluding hydrogens is 169 g/mol. The zero-order valence-corrected chi connectivity index (χ0v) is 7.31. The highest BCUT2D eigenvalue weighted by Crippen LogP contribution is 2.18. The average Bonchev–Trinajstić information content (AvgIpc) is 2.14. The Bertz CT molecular complexity index is 331. The summed E-state index contributed by atoms with van der Waals surface area (Å²) in [7, 11) is 0. The molecule has 0 radical (unpaired) electrons. The second kappa shape index (κ2) is 4.48. The predicted octanol–water partition coefficient (Wildman–Crippen LogP) is 3.32. The molecule has 1 atom stereocenters. The van der Waals surface area contributed by atoms with Crippen molar-refractivity contribution >= 4 is 0 Å². The van der Waals surface area contributed by atoms with Crippen LogP contribution >= 0.6 is 0 Å². The molecule has 0 fully saturated rings. The Labute approximate surface area is 75.8 Å². The van der Waals surface area contributed by atoms with Crippen LogP contribution < -0.4 is 0 Å². The Morgan fingerprint density at radius 3 is 2.92 bits per heavy atom. The molecule has 0 amide bonds. The molecule has 0 saturated carbocycles. The second-order valence-corrected chi connectivity index (χ2v) is 2.79. The van der Waals surface area contributed by atoms with Gasteiger partial charge in [-0.15, -0.1) is 0 Å². The molecule has 0 bridgehead atoms. The van der Waals surface area contributed by atoms with Crippen LogP contribution in [0.3, 0.4) is 0 Å². The lowest BCUT2D eigenvalue weighted by Crippen LogP contribution is -1.96. The highest BCUT2D eigenvalue weighted by atomic mass is 19.1. The fraction of sp³-hybridized carbons (Fsp3) is 0.333. The third-order valence-corrected chi connectivity index (χ3v) is 1.76. The number of hydrogen-bond donors (Lipinski definition) is 0. The fourth-order valence-electron chi connectivity index (χ4n) is 1.13. The van der Waals surface area contributed by atoms with Crippen LogP contribution in [0.5, 0.6) is 0 Å². The largest absolute Gasteiger partial charge is 0.250 e. The van der Waals surface area contributed by atoms with Gasteiger partial charge in [-0.1, -0.05) is 34.9 Å². The maximum absolute atomic E-state index is 12.4. The fourth-order valence-corrected chi connectivity index (χ4v) is 1.13. The summed E-state index contributed by atoms with van der Waals surface area (Å²) in [6, 6.07) is 6.62.